The predicted octanol–water partition coefficient (Wildman–Crippen LogP) is 4.78. The van der Waals surface area contributed by atoms with Crippen LogP contribution in [-0.4, -0.2) is 13.2 Å². The van der Waals surface area contributed by atoms with Gasteiger partial charge in [-0.1, -0.05) is 51.7 Å². The first kappa shape index (κ1) is 16.4. The molecule has 1 aliphatic carbocycles. The lowest BCUT2D eigenvalue weighted by atomic mass is 9.81. The maximum atomic E-state index is 5.68. The van der Waals surface area contributed by atoms with Gasteiger partial charge in [0.05, 0.1) is 6.61 Å². The summed E-state index contributed by atoms with van der Waals surface area (Å²) in [5, 5.41) is 3.59. The maximum absolute atomic E-state index is 5.68. The van der Waals surface area contributed by atoms with Gasteiger partial charge in [0.1, 0.15) is 5.75 Å². The van der Waals surface area contributed by atoms with Crippen LogP contribution in [0.15, 0.2) is 24.3 Å². The molecule has 0 aromatic heterocycles. The highest BCUT2D eigenvalue weighted by Gasteiger charge is 2.17. The minimum atomic E-state index is 0.803. The van der Waals surface area contributed by atoms with Crippen LogP contribution in [0.3, 0.4) is 0 Å². The van der Waals surface area contributed by atoms with Crippen molar-refractivity contribution in [3.05, 3.63) is 29.8 Å². The number of ether oxygens (including phenoxy) is 1. The third-order valence-corrected chi connectivity index (χ3v) is 4.57. The Morgan fingerprint density at radius 2 is 2.00 bits per heavy atom. The van der Waals surface area contributed by atoms with Crippen molar-refractivity contribution < 1.29 is 4.74 Å². The van der Waals surface area contributed by atoms with Crippen LogP contribution in [0, 0.1) is 11.8 Å². The van der Waals surface area contributed by atoms with E-state index in [2.05, 4.69) is 37.4 Å². The van der Waals surface area contributed by atoms with Gasteiger partial charge in [0.2, 0.25) is 0 Å². The van der Waals surface area contributed by atoms with E-state index < -0.39 is 0 Å². The summed E-state index contributed by atoms with van der Waals surface area (Å²) in [5.41, 5.74) is 1.32. The van der Waals surface area contributed by atoms with Crippen molar-refractivity contribution in [2.75, 3.05) is 13.2 Å². The number of hydrogen-bond acceptors (Lipinski definition) is 2. The third-order valence-electron chi connectivity index (χ3n) is 4.57. The molecular weight excluding hydrogens is 258 g/mol. The molecular formula is C19H31NO. The number of nitrogens with one attached hydrogen (secondary N) is 1. The summed E-state index contributed by atoms with van der Waals surface area (Å²) in [6.45, 7) is 7.42. The topological polar surface area (TPSA) is 21.3 Å². The lowest BCUT2D eigenvalue weighted by Crippen LogP contribution is -2.20. The molecule has 1 N–H and O–H groups in total. The van der Waals surface area contributed by atoms with Crippen LogP contribution in [-0.2, 0) is 6.54 Å². The Hall–Kier alpha value is -1.02. The second-order valence-corrected chi connectivity index (χ2v) is 6.59. The molecule has 0 saturated heterocycles. The lowest BCUT2D eigenvalue weighted by Gasteiger charge is -2.26. The first-order chi connectivity index (χ1) is 10.3. The van der Waals surface area contributed by atoms with Crippen LogP contribution in [0.25, 0.3) is 0 Å². The predicted molar refractivity (Wildman–Crippen MR) is 89.7 cm³/mol. The molecule has 1 aromatic carbocycles. The number of benzene rings is 1. The van der Waals surface area contributed by atoms with Crippen LogP contribution < -0.4 is 10.1 Å². The fourth-order valence-corrected chi connectivity index (χ4v) is 3.12. The van der Waals surface area contributed by atoms with Crippen LogP contribution in [0.1, 0.15) is 57.9 Å². The van der Waals surface area contributed by atoms with E-state index in [1.54, 1.807) is 0 Å². The van der Waals surface area contributed by atoms with E-state index in [0.29, 0.717) is 0 Å². The molecule has 0 amide bonds. The molecule has 0 radical (unpaired) electrons. The molecule has 1 fully saturated rings. The average Bonchev–Trinajstić information content (AvgIpc) is 2.52. The lowest BCUT2D eigenvalue weighted by molar-refractivity contribution is 0.275. The first-order valence-electron chi connectivity index (χ1n) is 8.70. The normalized spacial score (nSPS) is 22.2. The highest BCUT2D eigenvalue weighted by molar-refractivity contribution is 5.28. The Morgan fingerprint density at radius 1 is 1.19 bits per heavy atom. The summed E-state index contributed by atoms with van der Waals surface area (Å²) < 4.78 is 5.68. The van der Waals surface area contributed by atoms with Gasteiger partial charge in [-0.25, -0.2) is 0 Å². The Kier molecular flexibility index (Phi) is 7.08. The van der Waals surface area contributed by atoms with Gasteiger partial charge in [0.15, 0.2) is 0 Å². The van der Waals surface area contributed by atoms with Crippen molar-refractivity contribution in [2.45, 2.75) is 58.9 Å². The largest absolute Gasteiger partial charge is 0.494 e. The van der Waals surface area contributed by atoms with Crippen LogP contribution in [0.5, 0.6) is 5.75 Å². The van der Waals surface area contributed by atoms with Crippen molar-refractivity contribution in [2.24, 2.45) is 11.8 Å². The molecule has 0 heterocycles. The van der Waals surface area contributed by atoms with E-state index in [9.17, 15) is 0 Å². The fraction of sp³-hybridized carbons (Fsp3) is 0.684. The summed E-state index contributed by atoms with van der Waals surface area (Å²) in [5.74, 6) is 2.91. The molecule has 118 valence electrons. The second-order valence-electron chi connectivity index (χ2n) is 6.59. The molecule has 21 heavy (non-hydrogen) atoms. The summed E-state index contributed by atoms with van der Waals surface area (Å²) in [4.78, 5) is 0. The van der Waals surface area contributed by atoms with Gasteiger partial charge in [-0.2, -0.15) is 0 Å². The second kappa shape index (κ2) is 9.09. The molecule has 0 bridgehead atoms. The molecule has 0 aliphatic heterocycles. The van der Waals surface area contributed by atoms with Crippen LogP contribution in [0.4, 0.5) is 0 Å². The summed E-state index contributed by atoms with van der Waals surface area (Å²) in [6.07, 6.45) is 8.12. The van der Waals surface area contributed by atoms with Crippen LogP contribution in [0.2, 0.25) is 0 Å². The van der Waals surface area contributed by atoms with Gasteiger partial charge in [-0.3, -0.25) is 0 Å². The molecule has 0 atom stereocenters. The van der Waals surface area contributed by atoms with Crippen molar-refractivity contribution in [1.29, 1.82) is 0 Å². The first-order valence-corrected chi connectivity index (χ1v) is 8.70. The zero-order valence-electron chi connectivity index (χ0n) is 13.7. The van der Waals surface area contributed by atoms with Crippen molar-refractivity contribution in [3.63, 3.8) is 0 Å². The Morgan fingerprint density at radius 3 is 2.76 bits per heavy atom. The molecule has 1 saturated carbocycles. The number of rotatable bonds is 8. The van der Waals surface area contributed by atoms with Gasteiger partial charge in [-0.05, 0) is 48.9 Å². The van der Waals surface area contributed by atoms with E-state index in [-0.39, 0.29) is 0 Å². The van der Waals surface area contributed by atoms with Crippen molar-refractivity contribution in [1.82, 2.24) is 5.32 Å². The van der Waals surface area contributed by atoms with E-state index >= 15 is 0 Å². The van der Waals surface area contributed by atoms with E-state index in [4.69, 9.17) is 4.74 Å². The molecule has 0 unspecified atom stereocenters. The van der Waals surface area contributed by atoms with Crippen LogP contribution >= 0.6 is 0 Å². The minimum Gasteiger partial charge on any atom is -0.494 e. The highest BCUT2D eigenvalue weighted by atomic mass is 16.5. The van der Waals surface area contributed by atoms with Crippen molar-refractivity contribution in [3.8, 4) is 5.75 Å². The average molecular weight is 289 g/mol. The zero-order valence-corrected chi connectivity index (χ0v) is 13.7. The standard InChI is InChI=1S/C19H31NO/c1-3-13-21-19-6-4-5-18(14-19)15-20-12-11-17-9-7-16(2)8-10-17/h4-6,14,16-17,20H,3,7-13,15H2,1-2H3. The molecule has 0 spiro atoms. The minimum absolute atomic E-state index is 0.803. The summed E-state index contributed by atoms with van der Waals surface area (Å²) in [7, 11) is 0. The third kappa shape index (κ3) is 6.09. The smallest absolute Gasteiger partial charge is 0.119 e. The maximum Gasteiger partial charge on any atom is 0.119 e. The monoisotopic (exact) mass is 289 g/mol. The van der Waals surface area contributed by atoms with E-state index in [1.165, 1.54) is 37.7 Å². The molecule has 2 nitrogen and oxygen atoms in total. The van der Waals surface area contributed by atoms with Gasteiger partial charge in [0.25, 0.3) is 0 Å². The van der Waals surface area contributed by atoms with Gasteiger partial charge in [0, 0.05) is 6.54 Å². The van der Waals surface area contributed by atoms with E-state index in [1.807, 2.05) is 6.07 Å². The Bertz CT molecular complexity index is 396. The Balaban J connectivity index is 1.64. The Labute approximate surface area is 130 Å². The number of hydrogen-bond donors (Lipinski definition) is 1. The SMILES string of the molecule is CCCOc1cccc(CNCCC2CCC(C)CC2)c1. The van der Waals surface area contributed by atoms with Crippen molar-refractivity contribution >= 4 is 0 Å². The van der Waals surface area contributed by atoms with E-state index in [0.717, 1.165) is 43.7 Å². The molecule has 1 aliphatic rings. The molecule has 2 heteroatoms. The molecule has 2 rings (SSSR count). The van der Waals surface area contributed by atoms with Gasteiger partial charge >= 0.3 is 0 Å². The highest BCUT2D eigenvalue weighted by Crippen LogP contribution is 2.29. The van der Waals surface area contributed by atoms with Gasteiger partial charge < -0.3 is 10.1 Å². The fourth-order valence-electron chi connectivity index (χ4n) is 3.12. The summed E-state index contributed by atoms with van der Waals surface area (Å²) >= 11 is 0. The quantitative estimate of drug-likeness (QED) is 0.695. The molecule has 1 aromatic rings. The van der Waals surface area contributed by atoms with Gasteiger partial charge in [-0.15, -0.1) is 0 Å². The summed E-state index contributed by atoms with van der Waals surface area (Å²) in [6, 6.07) is 8.46. The zero-order chi connectivity index (χ0) is 14.9.